The number of likely N-dealkylation sites (tertiary alicyclic amines) is 1. The Labute approximate surface area is 96.0 Å². The number of rotatable bonds is 4. The Morgan fingerprint density at radius 2 is 2.20 bits per heavy atom. The van der Waals surface area contributed by atoms with Gasteiger partial charge in [-0.2, -0.15) is 0 Å². The minimum Gasteiger partial charge on any atom is -0.376 e. The quantitative estimate of drug-likeness (QED) is 0.705. The predicted octanol–water partition coefficient (Wildman–Crippen LogP) is 1.06. The first-order valence-corrected chi connectivity index (χ1v) is 7.58. The molecule has 1 fully saturated rings. The van der Waals surface area contributed by atoms with E-state index in [1.165, 1.54) is 0 Å². The van der Waals surface area contributed by atoms with E-state index in [4.69, 9.17) is 15.4 Å². The van der Waals surface area contributed by atoms with Crippen LogP contribution < -0.4 is 0 Å². The van der Waals surface area contributed by atoms with Gasteiger partial charge in [-0.3, -0.25) is 0 Å². The Balaban J connectivity index is 2.75. The second kappa shape index (κ2) is 4.99. The molecule has 1 aliphatic rings. The van der Waals surface area contributed by atoms with Gasteiger partial charge in [-0.1, -0.05) is 6.92 Å². The van der Waals surface area contributed by atoms with Crippen molar-refractivity contribution in [1.82, 2.24) is 4.90 Å². The van der Waals surface area contributed by atoms with Gasteiger partial charge in [0.1, 0.15) is 0 Å². The van der Waals surface area contributed by atoms with Crippen LogP contribution in [0.25, 0.3) is 0 Å². The summed E-state index contributed by atoms with van der Waals surface area (Å²) in [5, 5.41) is 0. The number of hydrogen-bond acceptors (Lipinski definition) is 4. The van der Waals surface area contributed by atoms with Gasteiger partial charge in [-0.05, 0) is 25.9 Å². The van der Waals surface area contributed by atoms with E-state index in [0.717, 1.165) is 25.9 Å². The fourth-order valence-electron chi connectivity index (χ4n) is 2.12. The number of nitrogens with zero attached hydrogens (tertiary/aromatic N) is 1. The summed E-state index contributed by atoms with van der Waals surface area (Å²) in [5.41, 5.74) is -0.616. The van der Waals surface area contributed by atoms with E-state index in [0.29, 0.717) is 6.54 Å². The van der Waals surface area contributed by atoms with Crippen LogP contribution in [0.4, 0.5) is 0 Å². The molecule has 1 unspecified atom stereocenters. The Bertz CT molecular complexity index is 306. The summed E-state index contributed by atoms with van der Waals surface area (Å²) >= 11 is 0. The SMILES string of the molecule is CCN1CCCC(CS(=O)(=O)Cl)(OC)C1. The minimum atomic E-state index is -3.51. The highest BCUT2D eigenvalue weighted by atomic mass is 35.7. The van der Waals surface area contributed by atoms with Crippen molar-refractivity contribution in [2.45, 2.75) is 25.4 Å². The molecular formula is C9H18ClNO3S. The molecule has 0 radical (unpaired) electrons. The monoisotopic (exact) mass is 255 g/mol. The van der Waals surface area contributed by atoms with Gasteiger partial charge in [0, 0.05) is 24.3 Å². The third-order valence-electron chi connectivity index (χ3n) is 2.93. The van der Waals surface area contributed by atoms with E-state index < -0.39 is 14.7 Å². The molecule has 0 aromatic carbocycles. The van der Waals surface area contributed by atoms with Crippen LogP contribution in [0, 0.1) is 0 Å². The standard InChI is InChI=1S/C9H18ClNO3S/c1-3-11-6-4-5-9(7-11,14-2)8-15(10,12)13/h3-8H2,1-2H3. The zero-order chi connectivity index (χ0) is 11.5. The van der Waals surface area contributed by atoms with E-state index in [1.807, 2.05) is 0 Å². The third-order valence-corrected chi connectivity index (χ3v) is 4.13. The number of ether oxygens (including phenoxy) is 1. The molecule has 6 heteroatoms. The molecular weight excluding hydrogens is 238 g/mol. The van der Waals surface area contributed by atoms with Crippen LogP contribution in [0.3, 0.4) is 0 Å². The molecule has 0 saturated carbocycles. The van der Waals surface area contributed by atoms with Crippen molar-refractivity contribution in [3.05, 3.63) is 0 Å². The van der Waals surface area contributed by atoms with Gasteiger partial charge in [-0.25, -0.2) is 8.42 Å². The van der Waals surface area contributed by atoms with Crippen LogP contribution in [0.1, 0.15) is 19.8 Å². The lowest BCUT2D eigenvalue weighted by Crippen LogP contribution is -2.52. The first-order chi connectivity index (χ1) is 6.91. The minimum absolute atomic E-state index is 0.103. The lowest BCUT2D eigenvalue weighted by molar-refractivity contribution is -0.0464. The van der Waals surface area contributed by atoms with Gasteiger partial charge in [-0.15, -0.1) is 0 Å². The van der Waals surface area contributed by atoms with Crippen molar-refractivity contribution >= 4 is 19.7 Å². The maximum Gasteiger partial charge on any atom is 0.235 e. The van der Waals surface area contributed by atoms with Crippen LogP contribution in [0.15, 0.2) is 0 Å². The fraction of sp³-hybridized carbons (Fsp3) is 1.00. The molecule has 1 saturated heterocycles. The van der Waals surface area contributed by atoms with Gasteiger partial charge in [0.2, 0.25) is 9.05 Å². The summed E-state index contributed by atoms with van der Waals surface area (Å²) in [6.45, 7) is 4.62. The Hall–Kier alpha value is 0.160. The smallest absolute Gasteiger partial charge is 0.235 e. The van der Waals surface area contributed by atoms with E-state index >= 15 is 0 Å². The molecule has 1 rings (SSSR count). The second-order valence-corrected chi connectivity index (χ2v) is 6.82. The van der Waals surface area contributed by atoms with Crippen LogP contribution in [-0.2, 0) is 13.8 Å². The highest BCUT2D eigenvalue weighted by Crippen LogP contribution is 2.27. The average Bonchev–Trinajstić information content (AvgIpc) is 2.15. The van der Waals surface area contributed by atoms with Gasteiger partial charge in [0.25, 0.3) is 0 Å². The Kier molecular flexibility index (Phi) is 4.40. The number of likely N-dealkylation sites (N-methyl/N-ethyl adjacent to an activating group) is 1. The van der Waals surface area contributed by atoms with Crippen LogP contribution >= 0.6 is 10.7 Å². The molecule has 0 N–H and O–H groups in total. The van der Waals surface area contributed by atoms with E-state index in [9.17, 15) is 8.42 Å². The first-order valence-electron chi connectivity index (χ1n) is 5.11. The fourth-order valence-corrected chi connectivity index (χ4v) is 3.70. The van der Waals surface area contributed by atoms with Crippen molar-refractivity contribution in [1.29, 1.82) is 0 Å². The molecule has 4 nitrogen and oxygen atoms in total. The normalized spacial score (nSPS) is 29.3. The van der Waals surface area contributed by atoms with Gasteiger partial charge in [0.15, 0.2) is 0 Å². The number of piperidine rings is 1. The molecule has 0 aromatic rings. The first kappa shape index (κ1) is 13.2. The maximum atomic E-state index is 11.1. The highest BCUT2D eigenvalue weighted by Gasteiger charge is 2.38. The zero-order valence-electron chi connectivity index (χ0n) is 9.20. The molecule has 0 bridgehead atoms. The maximum absolute atomic E-state index is 11.1. The molecule has 0 aromatic heterocycles. The summed E-state index contributed by atoms with van der Waals surface area (Å²) in [4.78, 5) is 2.19. The molecule has 0 amide bonds. The van der Waals surface area contributed by atoms with E-state index in [2.05, 4.69) is 11.8 Å². The van der Waals surface area contributed by atoms with Crippen LogP contribution in [-0.4, -0.2) is 51.4 Å². The summed E-state index contributed by atoms with van der Waals surface area (Å²) < 4.78 is 27.6. The Morgan fingerprint density at radius 3 is 2.67 bits per heavy atom. The lowest BCUT2D eigenvalue weighted by Gasteiger charge is -2.40. The third kappa shape index (κ3) is 3.90. The highest BCUT2D eigenvalue weighted by molar-refractivity contribution is 8.13. The lowest BCUT2D eigenvalue weighted by atomic mass is 9.94. The number of hydrogen-bond donors (Lipinski definition) is 0. The van der Waals surface area contributed by atoms with Gasteiger partial charge >= 0.3 is 0 Å². The molecule has 1 heterocycles. The van der Waals surface area contributed by atoms with Crippen LogP contribution in [0.2, 0.25) is 0 Å². The average molecular weight is 256 g/mol. The van der Waals surface area contributed by atoms with Crippen molar-refractivity contribution in [2.24, 2.45) is 0 Å². The topological polar surface area (TPSA) is 46.6 Å². The molecule has 90 valence electrons. The summed E-state index contributed by atoms with van der Waals surface area (Å²) in [6.07, 6.45) is 1.71. The number of methoxy groups -OCH3 is 1. The zero-order valence-corrected chi connectivity index (χ0v) is 10.8. The largest absolute Gasteiger partial charge is 0.376 e. The van der Waals surface area contributed by atoms with Crippen molar-refractivity contribution < 1.29 is 13.2 Å². The van der Waals surface area contributed by atoms with Gasteiger partial charge in [0.05, 0.1) is 11.4 Å². The molecule has 0 aliphatic carbocycles. The molecule has 15 heavy (non-hydrogen) atoms. The molecule has 1 atom stereocenters. The van der Waals surface area contributed by atoms with E-state index in [1.54, 1.807) is 7.11 Å². The molecule has 0 spiro atoms. The summed E-state index contributed by atoms with van der Waals surface area (Å²) in [7, 11) is 3.35. The molecule has 1 aliphatic heterocycles. The summed E-state index contributed by atoms with van der Waals surface area (Å²) in [5.74, 6) is -0.103. The second-order valence-electron chi connectivity index (χ2n) is 4.04. The van der Waals surface area contributed by atoms with Crippen molar-refractivity contribution in [2.75, 3.05) is 32.5 Å². The van der Waals surface area contributed by atoms with Gasteiger partial charge < -0.3 is 9.64 Å². The Morgan fingerprint density at radius 1 is 1.53 bits per heavy atom. The van der Waals surface area contributed by atoms with Crippen LogP contribution in [0.5, 0.6) is 0 Å². The number of halogens is 1. The van der Waals surface area contributed by atoms with Crippen molar-refractivity contribution in [3.63, 3.8) is 0 Å². The predicted molar refractivity (Wildman–Crippen MR) is 60.7 cm³/mol. The van der Waals surface area contributed by atoms with E-state index in [-0.39, 0.29) is 5.75 Å². The summed E-state index contributed by atoms with van der Waals surface area (Å²) in [6, 6.07) is 0. The van der Waals surface area contributed by atoms with Crippen molar-refractivity contribution in [3.8, 4) is 0 Å².